The second-order valence-electron chi connectivity index (χ2n) is 7.63. The van der Waals surface area contributed by atoms with Crippen LogP contribution in [0.1, 0.15) is 54.9 Å². The summed E-state index contributed by atoms with van der Waals surface area (Å²) in [6.45, 7) is 2.39. The molecule has 3 N–H and O–H groups in total. The molecule has 10 heteroatoms. The molecule has 0 unspecified atom stereocenters. The maximum absolute atomic E-state index is 12.3. The molecule has 0 aliphatic carbocycles. The number of nitrogens with two attached hydrogens (primary N) is 1. The number of rotatable bonds is 14. The first-order valence-electron chi connectivity index (χ1n) is 11.0. The van der Waals surface area contributed by atoms with Crippen LogP contribution in [-0.2, 0) is 30.9 Å². The van der Waals surface area contributed by atoms with E-state index < -0.39 is 28.5 Å². The molecule has 0 saturated carbocycles. The molecule has 0 bridgehead atoms. The maximum Gasteiger partial charge on any atom is 0.306 e. The van der Waals surface area contributed by atoms with Crippen LogP contribution in [-0.4, -0.2) is 39.3 Å². The monoisotopic (exact) mass is 490 g/mol. The molecule has 2 rings (SSSR count). The molecule has 0 aliphatic rings. The molecule has 0 fully saturated rings. The standard InChI is InChI=1S/C24H30N2O7S/c1-2-3-4-15-32-20-9-7-19(8-10-20)22(27)13-14-24(29)33-17-23(28)26-16-18-5-11-21(12-6-18)34(25,30)31/h5-12H,2-4,13-17H2,1H3,(H,26,28)(H2,25,30,31). The van der Waals surface area contributed by atoms with E-state index in [0.29, 0.717) is 23.5 Å². The van der Waals surface area contributed by atoms with Gasteiger partial charge in [-0.1, -0.05) is 31.9 Å². The highest BCUT2D eigenvalue weighted by molar-refractivity contribution is 7.89. The van der Waals surface area contributed by atoms with Gasteiger partial charge in [0.1, 0.15) is 5.75 Å². The van der Waals surface area contributed by atoms with E-state index in [1.807, 2.05) is 0 Å². The van der Waals surface area contributed by atoms with E-state index in [1.54, 1.807) is 24.3 Å². The number of ether oxygens (including phenoxy) is 2. The van der Waals surface area contributed by atoms with E-state index >= 15 is 0 Å². The Morgan fingerprint density at radius 2 is 1.62 bits per heavy atom. The fourth-order valence-corrected chi connectivity index (χ4v) is 3.42. The Morgan fingerprint density at radius 1 is 0.941 bits per heavy atom. The first-order valence-corrected chi connectivity index (χ1v) is 12.5. The highest BCUT2D eigenvalue weighted by Crippen LogP contribution is 2.15. The fraction of sp³-hybridized carbons (Fsp3) is 0.375. The molecule has 0 heterocycles. The van der Waals surface area contributed by atoms with Crippen LogP contribution in [0.15, 0.2) is 53.4 Å². The molecular weight excluding hydrogens is 460 g/mol. The lowest BCUT2D eigenvalue weighted by Crippen LogP contribution is -2.28. The lowest BCUT2D eigenvalue weighted by Gasteiger charge is -2.08. The van der Waals surface area contributed by atoms with Gasteiger partial charge in [0.2, 0.25) is 10.0 Å². The number of amides is 1. The van der Waals surface area contributed by atoms with Gasteiger partial charge in [0.05, 0.1) is 17.9 Å². The number of ketones is 1. The molecule has 0 aliphatic heterocycles. The van der Waals surface area contributed by atoms with Crippen molar-refractivity contribution in [2.45, 2.75) is 50.5 Å². The molecule has 2 aromatic carbocycles. The SMILES string of the molecule is CCCCCOc1ccc(C(=O)CCC(=O)OCC(=O)NCc2ccc(S(N)(=O)=O)cc2)cc1. The number of hydrogen-bond donors (Lipinski definition) is 2. The van der Waals surface area contributed by atoms with Crippen molar-refractivity contribution in [2.24, 2.45) is 5.14 Å². The molecular formula is C24H30N2O7S. The van der Waals surface area contributed by atoms with E-state index in [1.165, 1.54) is 24.3 Å². The number of carbonyl (C=O) groups is 3. The average molecular weight is 491 g/mol. The quantitative estimate of drug-likeness (QED) is 0.235. The Balaban J connectivity index is 1.66. The normalized spacial score (nSPS) is 11.0. The minimum absolute atomic E-state index is 0.0299. The van der Waals surface area contributed by atoms with Gasteiger partial charge in [-0.05, 0) is 48.4 Å². The van der Waals surface area contributed by atoms with Crippen LogP contribution in [0.4, 0.5) is 0 Å². The van der Waals surface area contributed by atoms with Crippen molar-refractivity contribution < 1.29 is 32.3 Å². The maximum atomic E-state index is 12.3. The minimum Gasteiger partial charge on any atom is -0.494 e. The summed E-state index contributed by atoms with van der Waals surface area (Å²) in [6.07, 6.45) is 3.02. The van der Waals surface area contributed by atoms with Crippen molar-refractivity contribution in [1.82, 2.24) is 5.32 Å². The van der Waals surface area contributed by atoms with Crippen molar-refractivity contribution in [2.75, 3.05) is 13.2 Å². The summed E-state index contributed by atoms with van der Waals surface area (Å²) in [5.41, 5.74) is 1.12. The van der Waals surface area contributed by atoms with Crippen LogP contribution in [0.3, 0.4) is 0 Å². The Morgan fingerprint density at radius 3 is 2.24 bits per heavy atom. The Labute approximate surface area is 199 Å². The van der Waals surface area contributed by atoms with Crippen LogP contribution in [0, 0.1) is 0 Å². The predicted octanol–water partition coefficient (Wildman–Crippen LogP) is 2.73. The van der Waals surface area contributed by atoms with Crippen molar-refractivity contribution in [3.63, 3.8) is 0 Å². The summed E-state index contributed by atoms with van der Waals surface area (Å²) in [6, 6.07) is 12.5. The number of benzene rings is 2. The number of sulfonamides is 1. The summed E-state index contributed by atoms with van der Waals surface area (Å²) in [7, 11) is -3.78. The molecule has 1 amide bonds. The second kappa shape index (κ2) is 13.5. The number of esters is 1. The molecule has 9 nitrogen and oxygen atoms in total. The number of carbonyl (C=O) groups excluding carboxylic acids is 3. The molecule has 34 heavy (non-hydrogen) atoms. The number of Topliss-reactive ketones (excluding diaryl/α,β-unsaturated/α-hetero) is 1. The summed E-state index contributed by atoms with van der Waals surface area (Å²) >= 11 is 0. The van der Waals surface area contributed by atoms with Gasteiger partial charge >= 0.3 is 5.97 Å². The minimum atomic E-state index is -3.78. The number of hydrogen-bond acceptors (Lipinski definition) is 7. The zero-order chi connectivity index (χ0) is 25.0. The van der Waals surface area contributed by atoms with E-state index in [-0.39, 0.29) is 30.1 Å². The molecule has 0 aromatic heterocycles. The molecule has 0 radical (unpaired) electrons. The first-order chi connectivity index (χ1) is 16.2. The lowest BCUT2D eigenvalue weighted by molar-refractivity contribution is -0.148. The highest BCUT2D eigenvalue weighted by Gasteiger charge is 2.13. The molecule has 0 atom stereocenters. The van der Waals surface area contributed by atoms with Gasteiger partial charge in [-0.15, -0.1) is 0 Å². The molecule has 2 aromatic rings. The van der Waals surface area contributed by atoms with Gasteiger partial charge in [-0.25, -0.2) is 13.6 Å². The third kappa shape index (κ3) is 9.72. The van der Waals surface area contributed by atoms with Crippen molar-refractivity contribution in [3.8, 4) is 5.75 Å². The van der Waals surface area contributed by atoms with Gasteiger partial charge in [0.15, 0.2) is 12.4 Å². The van der Waals surface area contributed by atoms with Crippen LogP contribution in [0.5, 0.6) is 5.75 Å². The van der Waals surface area contributed by atoms with E-state index in [2.05, 4.69) is 12.2 Å². The third-order valence-electron chi connectivity index (χ3n) is 4.85. The van der Waals surface area contributed by atoms with Crippen LogP contribution in [0.25, 0.3) is 0 Å². The summed E-state index contributed by atoms with van der Waals surface area (Å²) in [4.78, 5) is 36.0. The van der Waals surface area contributed by atoms with E-state index in [4.69, 9.17) is 14.6 Å². The van der Waals surface area contributed by atoms with Gasteiger partial charge in [-0.2, -0.15) is 0 Å². The van der Waals surface area contributed by atoms with Crippen molar-refractivity contribution >= 4 is 27.7 Å². The van der Waals surface area contributed by atoms with Gasteiger partial charge in [0.25, 0.3) is 5.91 Å². The van der Waals surface area contributed by atoms with E-state index in [9.17, 15) is 22.8 Å². The van der Waals surface area contributed by atoms with Crippen LogP contribution < -0.4 is 15.2 Å². The highest BCUT2D eigenvalue weighted by atomic mass is 32.2. The summed E-state index contributed by atoms with van der Waals surface area (Å²) in [5, 5.41) is 7.59. The summed E-state index contributed by atoms with van der Waals surface area (Å²) < 4.78 is 33.0. The second-order valence-corrected chi connectivity index (χ2v) is 9.19. The van der Waals surface area contributed by atoms with Crippen LogP contribution in [0.2, 0.25) is 0 Å². The van der Waals surface area contributed by atoms with Crippen molar-refractivity contribution in [3.05, 3.63) is 59.7 Å². The molecule has 0 saturated heterocycles. The van der Waals surface area contributed by atoms with Crippen molar-refractivity contribution in [1.29, 1.82) is 0 Å². The molecule has 184 valence electrons. The lowest BCUT2D eigenvalue weighted by atomic mass is 10.1. The Kier molecular flexibility index (Phi) is 10.7. The zero-order valence-corrected chi connectivity index (χ0v) is 19.9. The first kappa shape index (κ1) is 27.0. The topological polar surface area (TPSA) is 142 Å². The summed E-state index contributed by atoms with van der Waals surface area (Å²) in [5.74, 6) is -0.693. The fourth-order valence-electron chi connectivity index (χ4n) is 2.91. The van der Waals surface area contributed by atoms with Crippen LogP contribution >= 0.6 is 0 Å². The van der Waals surface area contributed by atoms with Gasteiger partial charge in [-0.3, -0.25) is 14.4 Å². The number of unbranched alkanes of at least 4 members (excludes halogenated alkanes) is 2. The zero-order valence-electron chi connectivity index (χ0n) is 19.1. The predicted molar refractivity (Wildman–Crippen MR) is 126 cm³/mol. The smallest absolute Gasteiger partial charge is 0.306 e. The Hall–Kier alpha value is -3.24. The average Bonchev–Trinajstić information content (AvgIpc) is 2.82. The largest absolute Gasteiger partial charge is 0.494 e. The third-order valence-corrected chi connectivity index (χ3v) is 5.78. The molecule has 0 spiro atoms. The number of nitrogens with one attached hydrogen (secondary N) is 1. The Bertz CT molecular complexity index is 1070. The van der Waals surface area contributed by atoms with Gasteiger partial charge in [0, 0.05) is 18.5 Å². The van der Waals surface area contributed by atoms with Gasteiger partial charge < -0.3 is 14.8 Å². The number of primary sulfonamides is 1. The van der Waals surface area contributed by atoms with E-state index in [0.717, 1.165) is 19.3 Å².